The molecule has 1 unspecified atom stereocenters. The lowest BCUT2D eigenvalue weighted by Crippen LogP contribution is -2.38. The Hall–Kier alpha value is -2.61. The summed E-state index contributed by atoms with van der Waals surface area (Å²) >= 11 is 0. The fourth-order valence-electron chi connectivity index (χ4n) is 3.60. The second-order valence-electron chi connectivity index (χ2n) is 7.56. The first-order chi connectivity index (χ1) is 14.4. The van der Waals surface area contributed by atoms with Crippen LogP contribution in [0.5, 0.6) is 5.75 Å². The van der Waals surface area contributed by atoms with E-state index in [1.807, 2.05) is 39.0 Å². The van der Waals surface area contributed by atoms with Crippen molar-refractivity contribution in [1.29, 1.82) is 0 Å². The molecule has 1 atom stereocenters. The van der Waals surface area contributed by atoms with Crippen LogP contribution < -0.4 is 20.3 Å². The molecule has 1 fully saturated rings. The van der Waals surface area contributed by atoms with Gasteiger partial charge in [-0.15, -0.1) is 0 Å². The molecule has 2 rings (SSSR count). The lowest BCUT2D eigenvalue weighted by Gasteiger charge is -2.34. The maximum atomic E-state index is 11.6. The summed E-state index contributed by atoms with van der Waals surface area (Å²) in [6, 6.07) is 5.94. The van der Waals surface area contributed by atoms with Gasteiger partial charge >= 0.3 is 0 Å². The van der Waals surface area contributed by atoms with Crippen molar-refractivity contribution < 1.29 is 19.1 Å². The van der Waals surface area contributed by atoms with Crippen molar-refractivity contribution in [2.45, 2.75) is 51.7 Å². The van der Waals surface area contributed by atoms with Crippen molar-refractivity contribution in [2.24, 2.45) is 5.73 Å². The highest BCUT2D eigenvalue weighted by Gasteiger charge is 2.24. The Morgan fingerprint density at radius 3 is 2.50 bits per heavy atom. The Labute approximate surface area is 179 Å². The normalized spacial score (nSPS) is 15.5. The van der Waals surface area contributed by atoms with Gasteiger partial charge in [0.05, 0.1) is 5.69 Å². The van der Waals surface area contributed by atoms with Crippen molar-refractivity contribution in [2.75, 3.05) is 43.5 Å². The minimum atomic E-state index is -0.305. The van der Waals surface area contributed by atoms with E-state index >= 15 is 0 Å². The molecular formula is C22H36N4O4. The summed E-state index contributed by atoms with van der Waals surface area (Å²) in [4.78, 5) is 36.8. The molecule has 1 saturated heterocycles. The summed E-state index contributed by atoms with van der Waals surface area (Å²) < 4.78 is 6.34. The first-order valence-electron chi connectivity index (χ1n) is 10.4. The molecule has 2 amide bonds. The van der Waals surface area contributed by atoms with Crippen LogP contribution in [0, 0.1) is 0 Å². The Bertz CT molecular complexity index is 677. The molecule has 1 heterocycles. The SMILES string of the molecule is C=O.CCN1CCC(Oc2cccc(N(C)C(C)CCC(N)=O)c2N(C)C=O)CC1. The van der Waals surface area contributed by atoms with Crippen LogP contribution in [0.15, 0.2) is 18.2 Å². The summed E-state index contributed by atoms with van der Waals surface area (Å²) in [5, 5.41) is 0. The van der Waals surface area contributed by atoms with E-state index < -0.39 is 0 Å². The standard InChI is InChI=1S/C21H34N4O3.CH2O/c1-5-25-13-11-17(12-14-25)28-19-8-6-7-18(21(19)23(3)15-26)24(4)16(2)9-10-20(22)27;1-2/h6-8,15-17H,5,9-14H2,1-4H3,(H2,22,27);1H2. The molecule has 1 aromatic carbocycles. The third-order valence-electron chi connectivity index (χ3n) is 5.61. The lowest BCUT2D eigenvalue weighted by molar-refractivity contribution is -0.118. The first kappa shape index (κ1) is 25.4. The first-order valence-corrected chi connectivity index (χ1v) is 10.4. The molecule has 1 aromatic rings. The number of piperidine rings is 1. The van der Waals surface area contributed by atoms with Gasteiger partial charge in [0, 0.05) is 39.6 Å². The summed E-state index contributed by atoms with van der Waals surface area (Å²) in [6.45, 7) is 9.35. The van der Waals surface area contributed by atoms with Gasteiger partial charge in [0.2, 0.25) is 12.3 Å². The van der Waals surface area contributed by atoms with Crippen molar-refractivity contribution in [1.82, 2.24) is 4.90 Å². The minimum absolute atomic E-state index is 0.0920. The van der Waals surface area contributed by atoms with Gasteiger partial charge in [-0.3, -0.25) is 9.59 Å². The van der Waals surface area contributed by atoms with Crippen LogP contribution in [0.3, 0.4) is 0 Å². The van der Waals surface area contributed by atoms with Crippen LogP contribution in [-0.4, -0.2) is 69.9 Å². The monoisotopic (exact) mass is 420 g/mol. The van der Waals surface area contributed by atoms with E-state index in [2.05, 4.69) is 16.7 Å². The number of hydrogen-bond acceptors (Lipinski definition) is 6. The summed E-state index contributed by atoms with van der Waals surface area (Å²) in [5.74, 6) is 0.414. The third-order valence-corrected chi connectivity index (χ3v) is 5.61. The minimum Gasteiger partial charge on any atom is -0.488 e. The zero-order valence-corrected chi connectivity index (χ0v) is 18.7. The molecule has 168 valence electrons. The number of ether oxygens (including phenoxy) is 1. The molecule has 8 nitrogen and oxygen atoms in total. The van der Waals surface area contributed by atoms with Crippen LogP contribution in [0.25, 0.3) is 0 Å². The Morgan fingerprint density at radius 2 is 1.97 bits per heavy atom. The molecule has 2 N–H and O–H groups in total. The molecule has 8 heteroatoms. The maximum Gasteiger partial charge on any atom is 0.217 e. The lowest BCUT2D eigenvalue weighted by atomic mass is 10.1. The second-order valence-corrected chi connectivity index (χ2v) is 7.56. The largest absolute Gasteiger partial charge is 0.488 e. The van der Waals surface area contributed by atoms with E-state index in [1.165, 1.54) is 0 Å². The van der Waals surface area contributed by atoms with Gasteiger partial charge in [-0.1, -0.05) is 13.0 Å². The summed E-state index contributed by atoms with van der Waals surface area (Å²) in [5.41, 5.74) is 6.94. The number of carbonyl (C=O) groups is 3. The van der Waals surface area contributed by atoms with Crippen molar-refractivity contribution >= 4 is 30.5 Å². The average molecular weight is 421 g/mol. The number of anilines is 2. The van der Waals surface area contributed by atoms with E-state index in [-0.39, 0.29) is 18.1 Å². The van der Waals surface area contributed by atoms with Crippen LogP contribution in [0.4, 0.5) is 11.4 Å². The topological polar surface area (TPSA) is 96.2 Å². The second kappa shape index (κ2) is 12.8. The van der Waals surface area contributed by atoms with Gasteiger partial charge in [-0.05, 0) is 44.9 Å². The highest BCUT2D eigenvalue weighted by molar-refractivity contribution is 5.87. The van der Waals surface area contributed by atoms with Crippen LogP contribution in [-0.2, 0) is 14.4 Å². The zero-order valence-electron chi connectivity index (χ0n) is 18.7. The van der Waals surface area contributed by atoms with Crippen molar-refractivity contribution in [3.05, 3.63) is 18.2 Å². The molecular weight excluding hydrogens is 384 g/mol. The fourth-order valence-corrected chi connectivity index (χ4v) is 3.60. The number of rotatable bonds is 10. The number of carbonyl (C=O) groups excluding carboxylic acids is 3. The molecule has 1 aliphatic rings. The number of nitrogens with two attached hydrogens (primary N) is 1. The molecule has 0 saturated carbocycles. The Morgan fingerprint density at radius 1 is 1.33 bits per heavy atom. The molecule has 0 radical (unpaired) electrons. The summed E-state index contributed by atoms with van der Waals surface area (Å²) in [7, 11) is 3.70. The Balaban J connectivity index is 0.00000218. The molecule has 0 aliphatic carbocycles. The van der Waals surface area contributed by atoms with E-state index in [1.54, 1.807) is 11.9 Å². The fraction of sp³-hybridized carbons (Fsp3) is 0.591. The predicted octanol–water partition coefficient (Wildman–Crippen LogP) is 2.05. The smallest absolute Gasteiger partial charge is 0.217 e. The molecule has 0 spiro atoms. The van der Waals surface area contributed by atoms with Gasteiger partial charge < -0.3 is 30.0 Å². The Kier molecular flexibility index (Phi) is 10.9. The van der Waals surface area contributed by atoms with Crippen LogP contribution >= 0.6 is 0 Å². The predicted molar refractivity (Wildman–Crippen MR) is 120 cm³/mol. The van der Waals surface area contributed by atoms with Gasteiger partial charge in [-0.2, -0.15) is 0 Å². The van der Waals surface area contributed by atoms with E-state index in [9.17, 15) is 9.59 Å². The average Bonchev–Trinajstić information content (AvgIpc) is 2.78. The third kappa shape index (κ3) is 7.02. The van der Waals surface area contributed by atoms with Crippen LogP contribution in [0.1, 0.15) is 39.5 Å². The molecule has 0 bridgehead atoms. The molecule has 1 aliphatic heterocycles. The number of primary amides is 1. The number of hydrogen-bond donors (Lipinski definition) is 1. The van der Waals surface area contributed by atoms with E-state index in [0.29, 0.717) is 12.8 Å². The number of amides is 2. The highest BCUT2D eigenvalue weighted by Crippen LogP contribution is 2.39. The number of nitrogens with zero attached hydrogens (tertiary/aromatic N) is 3. The van der Waals surface area contributed by atoms with Crippen LogP contribution in [0.2, 0.25) is 0 Å². The van der Waals surface area contributed by atoms with Gasteiger partial charge in [0.1, 0.15) is 24.3 Å². The number of benzene rings is 1. The molecule has 30 heavy (non-hydrogen) atoms. The van der Waals surface area contributed by atoms with Crippen molar-refractivity contribution in [3.63, 3.8) is 0 Å². The van der Waals surface area contributed by atoms with E-state index in [0.717, 1.165) is 56.0 Å². The maximum absolute atomic E-state index is 11.6. The quantitative estimate of drug-likeness (QED) is 0.582. The van der Waals surface area contributed by atoms with Crippen molar-refractivity contribution in [3.8, 4) is 5.75 Å². The summed E-state index contributed by atoms with van der Waals surface area (Å²) in [6.07, 6.45) is 3.88. The number of likely N-dealkylation sites (tertiary alicyclic amines) is 1. The number of para-hydroxylation sites is 1. The molecule has 0 aromatic heterocycles. The van der Waals surface area contributed by atoms with Gasteiger partial charge in [0.25, 0.3) is 0 Å². The zero-order chi connectivity index (χ0) is 22.7. The van der Waals surface area contributed by atoms with Gasteiger partial charge in [-0.25, -0.2) is 0 Å². The highest BCUT2D eigenvalue weighted by atomic mass is 16.5. The van der Waals surface area contributed by atoms with Gasteiger partial charge in [0.15, 0.2) is 0 Å². The van der Waals surface area contributed by atoms with E-state index in [4.69, 9.17) is 15.3 Å².